The van der Waals surface area contributed by atoms with Crippen LogP contribution in [0.1, 0.15) is 28.2 Å². The minimum absolute atomic E-state index is 0.100. The Morgan fingerprint density at radius 3 is 2.78 bits per heavy atom. The minimum atomic E-state index is 0.100. The molecule has 1 N–H and O–H groups in total. The van der Waals surface area contributed by atoms with Crippen molar-refractivity contribution in [1.82, 2.24) is 20.1 Å². The van der Waals surface area contributed by atoms with Gasteiger partial charge >= 0.3 is 0 Å². The zero-order chi connectivity index (χ0) is 16.4. The lowest BCUT2D eigenvalue weighted by atomic mass is 10.0. The fourth-order valence-corrected chi connectivity index (χ4v) is 4.33. The molecule has 2 unspecified atom stereocenters. The zero-order valence-corrected chi connectivity index (χ0v) is 15.3. The van der Waals surface area contributed by atoms with Crippen molar-refractivity contribution in [3.63, 3.8) is 0 Å². The van der Waals surface area contributed by atoms with Gasteiger partial charge in [0, 0.05) is 24.2 Å². The number of hydrogen-bond donors (Lipinski definition) is 1. The Labute approximate surface area is 147 Å². The van der Waals surface area contributed by atoms with Crippen LogP contribution >= 0.6 is 23.6 Å². The molecular formula is C17H22N4S2. The second-order valence-corrected chi connectivity index (χ2v) is 7.43. The molecule has 1 saturated heterocycles. The molecule has 122 valence electrons. The monoisotopic (exact) mass is 346 g/mol. The van der Waals surface area contributed by atoms with Crippen LogP contribution in [-0.2, 0) is 0 Å². The average molecular weight is 347 g/mol. The van der Waals surface area contributed by atoms with E-state index in [4.69, 9.17) is 12.2 Å². The molecule has 23 heavy (non-hydrogen) atoms. The van der Waals surface area contributed by atoms with Crippen LogP contribution in [0, 0.1) is 6.92 Å². The van der Waals surface area contributed by atoms with Gasteiger partial charge in [0.25, 0.3) is 0 Å². The van der Waals surface area contributed by atoms with Crippen molar-refractivity contribution in [2.45, 2.75) is 19.0 Å². The van der Waals surface area contributed by atoms with Crippen LogP contribution in [-0.4, -0.2) is 47.1 Å². The first-order chi connectivity index (χ1) is 11.1. The third kappa shape index (κ3) is 3.39. The lowest BCUT2D eigenvalue weighted by molar-refractivity contribution is 0.280. The van der Waals surface area contributed by atoms with E-state index in [2.05, 4.69) is 58.6 Å². The Bertz CT molecular complexity index is 668. The van der Waals surface area contributed by atoms with E-state index in [9.17, 15) is 0 Å². The number of aryl methyl sites for hydroxylation is 1. The molecule has 0 aliphatic carbocycles. The normalized spacial score (nSPS) is 21.0. The van der Waals surface area contributed by atoms with Gasteiger partial charge in [-0.15, -0.1) is 11.3 Å². The molecule has 1 aliphatic rings. The summed E-state index contributed by atoms with van der Waals surface area (Å²) in [6.45, 7) is 4.05. The van der Waals surface area contributed by atoms with Gasteiger partial charge in [0.1, 0.15) is 0 Å². The molecule has 2 aromatic heterocycles. The topological polar surface area (TPSA) is 31.4 Å². The molecule has 0 saturated carbocycles. The first-order valence-corrected chi connectivity index (χ1v) is 9.03. The molecule has 6 heteroatoms. The predicted octanol–water partition coefficient (Wildman–Crippen LogP) is 2.99. The number of aromatic nitrogens is 1. The van der Waals surface area contributed by atoms with E-state index in [1.165, 1.54) is 10.4 Å². The maximum atomic E-state index is 5.64. The molecule has 0 spiro atoms. The van der Waals surface area contributed by atoms with E-state index in [1.807, 2.05) is 18.3 Å². The van der Waals surface area contributed by atoms with Gasteiger partial charge in [-0.05, 0) is 62.4 Å². The fourth-order valence-electron chi connectivity index (χ4n) is 2.93. The summed E-state index contributed by atoms with van der Waals surface area (Å²) in [5.74, 6) is 0. The van der Waals surface area contributed by atoms with Crippen LogP contribution < -0.4 is 5.32 Å². The number of nitrogens with one attached hydrogen (secondary N) is 1. The molecular weight excluding hydrogens is 324 g/mol. The lowest BCUT2D eigenvalue weighted by Gasteiger charge is -2.28. The van der Waals surface area contributed by atoms with Gasteiger partial charge < -0.3 is 15.1 Å². The minimum Gasteiger partial charge on any atom is -0.352 e. The van der Waals surface area contributed by atoms with Gasteiger partial charge in [0.2, 0.25) is 0 Å². The summed E-state index contributed by atoms with van der Waals surface area (Å²) in [6.07, 6.45) is 1.85. The number of rotatable bonds is 5. The van der Waals surface area contributed by atoms with E-state index in [0.717, 1.165) is 23.9 Å². The third-order valence-electron chi connectivity index (χ3n) is 4.16. The quantitative estimate of drug-likeness (QED) is 0.841. The van der Waals surface area contributed by atoms with E-state index in [0.29, 0.717) is 0 Å². The van der Waals surface area contributed by atoms with Gasteiger partial charge in [-0.1, -0.05) is 6.07 Å². The number of pyridine rings is 1. The first-order valence-electron chi connectivity index (χ1n) is 7.74. The Balaban J connectivity index is 1.96. The van der Waals surface area contributed by atoms with Crippen LogP contribution in [0.5, 0.6) is 0 Å². The maximum Gasteiger partial charge on any atom is 0.170 e. The predicted molar refractivity (Wildman–Crippen MR) is 99.8 cm³/mol. The van der Waals surface area contributed by atoms with Crippen molar-refractivity contribution in [3.05, 3.63) is 52.0 Å². The number of nitrogens with zero attached hydrogens (tertiary/aromatic N) is 3. The summed E-state index contributed by atoms with van der Waals surface area (Å²) in [5.41, 5.74) is 2.36. The van der Waals surface area contributed by atoms with Crippen molar-refractivity contribution in [2.24, 2.45) is 0 Å². The molecule has 0 amide bonds. The Morgan fingerprint density at radius 2 is 2.17 bits per heavy atom. The molecule has 0 radical (unpaired) electrons. The highest BCUT2D eigenvalue weighted by atomic mass is 32.1. The van der Waals surface area contributed by atoms with Crippen molar-refractivity contribution in [2.75, 3.05) is 27.2 Å². The van der Waals surface area contributed by atoms with Gasteiger partial charge in [-0.3, -0.25) is 4.98 Å². The highest BCUT2D eigenvalue weighted by Gasteiger charge is 2.40. The average Bonchev–Trinajstić information content (AvgIpc) is 3.09. The van der Waals surface area contributed by atoms with Crippen molar-refractivity contribution in [3.8, 4) is 0 Å². The second-order valence-electron chi connectivity index (χ2n) is 6.09. The number of likely N-dealkylation sites (N-methyl/N-ethyl adjacent to an activating group) is 1. The van der Waals surface area contributed by atoms with E-state index < -0.39 is 0 Å². The van der Waals surface area contributed by atoms with Crippen molar-refractivity contribution < 1.29 is 0 Å². The summed E-state index contributed by atoms with van der Waals surface area (Å²) >= 11 is 7.44. The summed E-state index contributed by atoms with van der Waals surface area (Å²) < 4.78 is 0. The molecule has 2 atom stereocenters. The number of hydrogen-bond acceptors (Lipinski definition) is 4. The highest BCUT2D eigenvalue weighted by Crippen LogP contribution is 2.41. The second kappa shape index (κ2) is 6.95. The first kappa shape index (κ1) is 16.4. The zero-order valence-electron chi connectivity index (χ0n) is 13.7. The van der Waals surface area contributed by atoms with Gasteiger partial charge in [-0.25, -0.2) is 0 Å². The lowest BCUT2D eigenvalue weighted by Crippen LogP contribution is -2.35. The molecule has 0 aromatic carbocycles. The summed E-state index contributed by atoms with van der Waals surface area (Å²) in [6, 6.07) is 8.55. The summed E-state index contributed by atoms with van der Waals surface area (Å²) in [7, 11) is 4.18. The molecule has 1 aliphatic heterocycles. The molecule has 1 fully saturated rings. The van der Waals surface area contributed by atoms with E-state index >= 15 is 0 Å². The van der Waals surface area contributed by atoms with Gasteiger partial charge in [-0.2, -0.15) is 0 Å². The summed E-state index contributed by atoms with van der Waals surface area (Å²) in [4.78, 5) is 10.4. The van der Waals surface area contributed by atoms with Crippen LogP contribution in [0.15, 0.2) is 35.8 Å². The number of thiocarbonyl (C=S) groups is 1. The van der Waals surface area contributed by atoms with Crippen LogP contribution in [0.4, 0.5) is 0 Å². The SMILES string of the molecule is Cc1ccsc1C1C(c2ccccn2)NC(=S)N1CCN(C)C. The molecule has 3 rings (SSSR count). The van der Waals surface area contributed by atoms with Gasteiger partial charge in [0.15, 0.2) is 5.11 Å². The molecule has 3 heterocycles. The third-order valence-corrected chi connectivity index (χ3v) is 5.60. The standard InChI is InChI=1S/C17H22N4S2/c1-12-7-11-23-16(12)15-14(13-6-4-5-8-18-13)19-17(22)21(15)10-9-20(2)3/h4-8,11,14-15H,9-10H2,1-3H3,(H,19,22). The maximum absolute atomic E-state index is 5.64. The Morgan fingerprint density at radius 1 is 1.35 bits per heavy atom. The largest absolute Gasteiger partial charge is 0.352 e. The van der Waals surface area contributed by atoms with Crippen molar-refractivity contribution in [1.29, 1.82) is 0 Å². The van der Waals surface area contributed by atoms with Crippen LogP contribution in [0.25, 0.3) is 0 Å². The number of thiophene rings is 1. The van der Waals surface area contributed by atoms with Crippen LogP contribution in [0.2, 0.25) is 0 Å². The molecule has 2 aromatic rings. The highest BCUT2D eigenvalue weighted by molar-refractivity contribution is 7.80. The fraction of sp³-hybridized carbons (Fsp3) is 0.412. The molecule has 0 bridgehead atoms. The Hall–Kier alpha value is -1.50. The van der Waals surface area contributed by atoms with Crippen LogP contribution in [0.3, 0.4) is 0 Å². The van der Waals surface area contributed by atoms with Gasteiger partial charge in [0.05, 0.1) is 17.8 Å². The van der Waals surface area contributed by atoms with Crippen molar-refractivity contribution >= 4 is 28.7 Å². The van der Waals surface area contributed by atoms with E-state index in [-0.39, 0.29) is 12.1 Å². The summed E-state index contributed by atoms with van der Waals surface area (Å²) in [5, 5.41) is 6.47. The van der Waals surface area contributed by atoms with E-state index in [1.54, 1.807) is 11.3 Å². The smallest absolute Gasteiger partial charge is 0.170 e. The molecule has 4 nitrogen and oxygen atoms in total. The Kier molecular flexibility index (Phi) is 4.94.